The summed E-state index contributed by atoms with van der Waals surface area (Å²) in [5.74, 6) is 1.93. The van der Waals surface area contributed by atoms with Crippen molar-refractivity contribution in [3.05, 3.63) is 42.0 Å². The van der Waals surface area contributed by atoms with E-state index < -0.39 is 0 Å². The van der Waals surface area contributed by atoms with E-state index in [1.807, 2.05) is 0 Å². The zero-order chi connectivity index (χ0) is 14.8. The molecule has 0 unspecified atom stereocenters. The van der Waals surface area contributed by atoms with Crippen LogP contribution in [0, 0.1) is 0 Å². The van der Waals surface area contributed by atoms with E-state index in [4.69, 9.17) is 5.10 Å². The first-order valence-electron chi connectivity index (χ1n) is 7.19. The third-order valence-corrected chi connectivity index (χ3v) is 4.23. The minimum atomic E-state index is -0.242. The van der Waals surface area contributed by atoms with Crippen LogP contribution in [0.1, 0.15) is 33.4 Å². The maximum absolute atomic E-state index is 4.71. The normalized spacial score (nSPS) is 23.3. The molecule has 1 fully saturated rings. The van der Waals surface area contributed by atoms with E-state index in [0.717, 1.165) is 17.4 Å². The molecule has 3 N–H and O–H groups in total. The van der Waals surface area contributed by atoms with Gasteiger partial charge in [-0.2, -0.15) is 5.10 Å². The van der Waals surface area contributed by atoms with Crippen LogP contribution in [-0.4, -0.2) is 21.0 Å². The molecule has 1 aromatic heterocycles. The number of hydrazone groups is 1. The Bertz CT molecular complexity index is 709. The first kappa shape index (κ1) is 15.0. The molecule has 118 valence electrons. The van der Waals surface area contributed by atoms with Crippen LogP contribution in [-0.2, 0) is 5.54 Å². The molecule has 4 rings (SSSR count). The molecule has 1 saturated heterocycles. The third-order valence-electron chi connectivity index (χ3n) is 4.23. The lowest BCUT2D eigenvalue weighted by Crippen LogP contribution is -2.50. The summed E-state index contributed by atoms with van der Waals surface area (Å²) in [5.41, 5.74) is 11.6. The van der Waals surface area contributed by atoms with Crippen molar-refractivity contribution in [1.82, 2.24) is 25.7 Å². The smallest absolute Gasteiger partial charge is 0.179 e. The summed E-state index contributed by atoms with van der Waals surface area (Å²) in [4.78, 5) is 2.18. The van der Waals surface area contributed by atoms with Gasteiger partial charge < -0.3 is 9.99 Å². The average Bonchev–Trinajstić information content (AvgIpc) is 2.99. The van der Waals surface area contributed by atoms with E-state index in [2.05, 4.69) is 83.9 Å². The number of amidine groups is 1. The standard InChI is InChI=1S/C15H20N6.ClH/c1-14(2)11-6-5-9-20(11)10-7-8-12-16-19-15(3,4)21(12)13(10)17-18-14;/h5-9,16,18-19H,1-4H3;1H. The van der Waals surface area contributed by atoms with Crippen LogP contribution < -0.4 is 16.3 Å². The highest BCUT2D eigenvalue weighted by atomic mass is 35.5. The number of allylic oxidation sites excluding steroid dienone is 2. The number of nitrogens with zero attached hydrogens (tertiary/aromatic N) is 3. The summed E-state index contributed by atoms with van der Waals surface area (Å²) in [6.45, 7) is 8.53. The molecule has 0 amide bonds. The first-order chi connectivity index (χ1) is 9.90. The highest BCUT2D eigenvalue weighted by Crippen LogP contribution is 2.34. The summed E-state index contributed by atoms with van der Waals surface area (Å²) in [7, 11) is 0. The van der Waals surface area contributed by atoms with Crippen molar-refractivity contribution in [3.63, 3.8) is 0 Å². The summed E-state index contributed by atoms with van der Waals surface area (Å²) >= 11 is 0. The molecule has 3 aliphatic rings. The number of hydrazine groups is 1. The maximum Gasteiger partial charge on any atom is 0.179 e. The molecular weight excluding hydrogens is 300 g/mol. The Kier molecular flexibility index (Phi) is 3.09. The van der Waals surface area contributed by atoms with Gasteiger partial charge in [0, 0.05) is 11.9 Å². The van der Waals surface area contributed by atoms with Crippen molar-refractivity contribution in [2.75, 3.05) is 0 Å². The molecule has 0 atom stereocenters. The molecule has 0 radical (unpaired) electrons. The molecule has 7 heteroatoms. The quantitative estimate of drug-likeness (QED) is 0.683. The number of hydrogen-bond acceptors (Lipinski definition) is 5. The number of rotatable bonds is 0. The predicted molar refractivity (Wildman–Crippen MR) is 89.8 cm³/mol. The summed E-state index contributed by atoms with van der Waals surface area (Å²) in [6, 6.07) is 4.21. The van der Waals surface area contributed by atoms with Gasteiger partial charge in [-0.15, -0.1) is 12.4 Å². The van der Waals surface area contributed by atoms with Crippen LogP contribution in [0.25, 0.3) is 5.70 Å². The van der Waals surface area contributed by atoms with Gasteiger partial charge >= 0.3 is 0 Å². The Morgan fingerprint density at radius 3 is 2.68 bits per heavy atom. The molecule has 0 spiro atoms. The largest absolute Gasteiger partial charge is 0.315 e. The fourth-order valence-electron chi connectivity index (χ4n) is 3.12. The lowest BCUT2D eigenvalue weighted by atomic mass is 10.0. The van der Waals surface area contributed by atoms with Crippen LogP contribution in [0.2, 0.25) is 0 Å². The lowest BCUT2D eigenvalue weighted by Gasteiger charge is -2.34. The topological polar surface area (TPSA) is 56.6 Å². The van der Waals surface area contributed by atoms with Gasteiger partial charge in [-0.05, 0) is 52.0 Å². The van der Waals surface area contributed by atoms with E-state index in [0.29, 0.717) is 0 Å². The van der Waals surface area contributed by atoms with E-state index in [1.165, 1.54) is 5.69 Å². The van der Waals surface area contributed by atoms with Gasteiger partial charge in [0.2, 0.25) is 0 Å². The molecular formula is C15H21ClN6. The molecule has 0 aliphatic carbocycles. The molecule has 3 aliphatic heterocycles. The fraction of sp³-hybridized carbons (Fsp3) is 0.400. The Hall–Kier alpha value is -1.92. The van der Waals surface area contributed by atoms with Crippen molar-refractivity contribution < 1.29 is 0 Å². The molecule has 0 bridgehead atoms. The van der Waals surface area contributed by atoms with Crippen molar-refractivity contribution in [2.45, 2.75) is 38.9 Å². The number of fused-ring (bicyclic) bond motifs is 5. The molecule has 4 heterocycles. The lowest BCUT2D eigenvalue weighted by molar-refractivity contribution is 0.269. The van der Waals surface area contributed by atoms with Gasteiger partial charge in [0.05, 0.1) is 11.2 Å². The second-order valence-corrected chi connectivity index (χ2v) is 6.68. The van der Waals surface area contributed by atoms with E-state index in [1.54, 1.807) is 0 Å². The zero-order valence-electron chi connectivity index (χ0n) is 13.1. The van der Waals surface area contributed by atoms with Gasteiger partial charge in [0.1, 0.15) is 11.5 Å². The molecule has 22 heavy (non-hydrogen) atoms. The fourth-order valence-corrected chi connectivity index (χ4v) is 3.12. The second-order valence-electron chi connectivity index (χ2n) is 6.68. The average molecular weight is 321 g/mol. The Labute approximate surface area is 136 Å². The molecule has 6 nitrogen and oxygen atoms in total. The van der Waals surface area contributed by atoms with Crippen molar-refractivity contribution in [3.8, 4) is 0 Å². The number of halogens is 1. The Morgan fingerprint density at radius 2 is 1.91 bits per heavy atom. The number of hydrogen-bond donors (Lipinski definition) is 3. The maximum atomic E-state index is 4.71. The van der Waals surface area contributed by atoms with Gasteiger partial charge in [-0.25, -0.2) is 5.43 Å². The number of aromatic nitrogens is 1. The molecule has 0 aromatic carbocycles. The monoisotopic (exact) mass is 320 g/mol. The van der Waals surface area contributed by atoms with Crippen LogP contribution >= 0.6 is 12.4 Å². The first-order valence-corrected chi connectivity index (χ1v) is 7.19. The van der Waals surface area contributed by atoms with E-state index >= 15 is 0 Å². The number of nitrogens with one attached hydrogen (secondary N) is 3. The van der Waals surface area contributed by atoms with Crippen LogP contribution in [0.5, 0.6) is 0 Å². The Morgan fingerprint density at radius 1 is 1.14 bits per heavy atom. The van der Waals surface area contributed by atoms with Gasteiger partial charge in [-0.3, -0.25) is 10.3 Å². The van der Waals surface area contributed by atoms with Crippen molar-refractivity contribution in [2.24, 2.45) is 5.10 Å². The third kappa shape index (κ3) is 1.87. The molecule has 1 aromatic rings. The van der Waals surface area contributed by atoms with Crippen molar-refractivity contribution >= 4 is 23.9 Å². The van der Waals surface area contributed by atoms with Crippen molar-refractivity contribution in [1.29, 1.82) is 0 Å². The van der Waals surface area contributed by atoms with Crippen LogP contribution in [0.3, 0.4) is 0 Å². The summed E-state index contributed by atoms with van der Waals surface area (Å²) < 4.78 is 2.21. The second kappa shape index (κ2) is 4.54. The zero-order valence-corrected chi connectivity index (χ0v) is 14.0. The molecule has 0 saturated carbocycles. The summed E-state index contributed by atoms with van der Waals surface area (Å²) in [6.07, 6.45) is 6.28. The van der Waals surface area contributed by atoms with E-state index in [-0.39, 0.29) is 23.6 Å². The van der Waals surface area contributed by atoms with E-state index in [9.17, 15) is 0 Å². The highest BCUT2D eigenvalue weighted by molar-refractivity contribution is 6.19. The van der Waals surface area contributed by atoms with Crippen LogP contribution in [0.4, 0.5) is 0 Å². The minimum absolute atomic E-state index is 0. The van der Waals surface area contributed by atoms with Gasteiger partial charge in [0.15, 0.2) is 5.84 Å². The SMILES string of the molecule is CC1(C)NN=C2C(=CC=C3NNC(C)(C)N32)n2cccc21.Cl. The Balaban J connectivity index is 0.00000144. The van der Waals surface area contributed by atoms with Gasteiger partial charge in [0.25, 0.3) is 0 Å². The van der Waals surface area contributed by atoms with Crippen LogP contribution in [0.15, 0.2) is 41.4 Å². The summed E-state index contributed by atoms with van der Waals surface area (Å²) in [5, 5.41) is 4.71. The predicted octanol–water partition coefficient (Wildman–Crippen LogP) is 1.90. The highest BCUT2D eigenvalue weighted by Gasteiger charge is 2.42. The van der Waals surface area contributed by atoms with Gasteiger partial charge in [-0.1, -0.05) is 0 Å². The minimum Gasteiger partial charge on any atom is -0.315 e.